The van der Waals surface area contributed by atoms with Gasteiger partial charge in [-0.1, -0.05) is 47.5 Å². The molecule has 14 heavy (non-hydrogen) atoms. The first-order valence-corrected chi connectivity index (χ1v) is 8.80. The lowest BCUT2D eigenvalue weighted by molar-refractivity contribution is -0.149. The first kappa shape index (κ1) is 14.5. The van der Waals surface area contributed by atoms with Gasteiger partial charge in [0.25, 0.3) is 0 Å². The fourth-order valence-corrected chi connectivity index (χ4v) is 2.18. The fraction of sp³-hybridized carbons (Fsp3) is 0.889. The van der Waals surface area contributed by atoms with Crippen LogP contribution in [0.2, 0.25) is 13.1 Å². The Bertz CT molecular complexity index is 215. The van der Waals surface area contributed by atoms with E-state index in [0.717, 1.165) is 0 Å². The molecule has 2 nitrogen and oxygen atoms in total. The number of esters is 1. The van der Waals surface area contributed by atoms with Crippen LogP contribution >= 0.6 is 27.5 Å². The van der Waals surface area contributed by atoms with Gasteiger partial charge < -0.3 is 4.74 Å². The lowest BCUT2D eigenvalue weighted by atomic mass is 10.2. The molecule has 0 rings (SSSR count). The summed E-state index contributed by atoms with van der Waals surface area (Å²) < 4.78 is 3.95. The molecule has 0 saturated heterocycles. The maximum Gasteiger partial charge on any atom is 0.323 e. The summed E-state index contributed by atoms with van der Waals surface area (Å²) in [5.41, 5.74) is 0. The molecule has 0 saturated carbocycles. The molecular formula is C9H18BrClO2Si. The average molecular weight is 302 g/mol. The zero-order chi connectivity index (χ0) is 11.6. The summed E-state index contributed by atoms with van der Waals surface area (Å²) in [7, 11) is -1.23. The number of carbonyl (C=O) groups excluding carboxylic acids is 1. The molecule has 0 aliphatic rings. The van der Waals surface area contributed by atoms with E-state index in [-0.39, 0.29) is 5.97 Å². The molecule has 84 valence electrons. The summed E-state index contributed by atoms with van der Waals surface area (Å²) in [6, 6.07) is 0. The summed E-state index contributed by atoms with van der Waals surface area (Å²) in [6.07, 6.45) is 0.660. The van der Waals surface area contributed by atoms with Gasteiger partial charge in [0.2, 0.25) is 0 Å². The van der Waals surface area contributed by atoms with Gasteiger partial charge in [0.15, 0.2) is 4.68 Å². The largest absolute Gasteiger partial charge is 0.446 e. The minimum absolute atomic E-state index is 0.296. The maximum atomic E-state index is 11.6. The molecule has 0 bridgehead atoms. The smallest absolute Gasteiger partial charge is 0.323 e. The van der Waals surface area contributed by atoms with Crippen LogP contribution in [0.3, 0.4) is 0 Å². The van der Waals surface area contributed by atoms with Crippen molar-refractivity contribution in [1.29, 1.82) is 0 Å². The van der Waals surface area contributed by atoms with E-state index in [4.69, 9.17) is 16.3 Å². The van der Waals surface area contributed by atoms with E-state index >= 15 is 0 Å². The van der Waals surface area contributed by atoms with Crippen LogP contribution in [-0.2, 0) is 9.53 Å². The van der Waals surface area contributed by atoms with E-state index in [2.05, 4.69) is 29.0 Å². The number of hydrogen-bond donors (Lipinski definition) is 0. The second-order valence-corrected chi connectivity index (χ2v) is 10.4. The molecule has 1 atom stereocenters. The highest BCUT2D eigenvalue weighted by molar-refractivity contribution is 9.10. The third kappa shape index (κ3) is 3.91. The lowest BCUT2D eigenvalue weighted by Crippen LogP contribution is -2.44. The Morgan fingerprint density at radius 2 is 1.93 bits per heavy atom. The highest BCUT2D eigenvalue weighted by Crippen LogP contribution is 2.29. The predicted molar refractivity (Wildman–Crippen MR) is 66.9 cm³/mol. The third-order valence-corrected chi connectivity index (χ3v) is 6.32. The van der Waals surface area contributed by atoms with Crippen LogP contribution in [-0.4, -0.2) is 23.8 Å². The Balaban J connectivity index is 4.56. The highest BCUT2D eigenvalue weighted by Gasteiger charge is 2.38. The molecule has 0 heterocycles. The van der Waals surface area contributed by atoms with Crippen LogP contribution in [0, 0.1) is 0 Å². The zero-order valence-corrected chi connectivity index (χ0v) is 12.9. The second kappa shape index (κ2) is 4.99. The van der Waals surface area contributed by atoms with Crippen molar-refractivity contribution in [2.45, 2.75) is 49.3 Å². The highest BCUT2D eigenvalue weighted by atomic mass is 79.9. The molecule has 0 aliphatic heterocycles. The SMILES string of the molecule is CCC(Cl)(OC(=O)C(C)(C)Br)[SiH](C)C. The molecule has 0 aromatic heterocycles. The van der Waals surface area contributed by atoms with E-state index < -0.39 is 17.8 Å². The van der Waals surface area contributed by atoms with E-state index in [9.17, 15) is 4.79 Å². The molecule has 0 fully saturated rings. The number of alkyl halides is 2. The van der Waals surface area contributed by atoms with Gasteiger partial charge in [-0.2, -0.15) is 0 Å². The van der Waals surface area contributed by atoms with Gasteiger partial charge >= 0.3 is 5.97 Å². The monoisotopic (exact) mass is 300 g/mol. The molecule has 0 amide bonds. The van der Waals surface area contributed by atoms with Crippen molar-refractivity contribution in [2.24, 2.45) is 0 Å². The van der Waals surface area contributed by atoms with Gasteiger partial charge in [0, 0.05) is 0 Å². The van der Waals surface area contributed by atoms with Crippen LogP contribution in [0.15, 0.2) is 0 Å². The summed E-state index contributed by atoms with van der Waals surface area (Å²) in [5.74, 6) is -0.296. The van der Waals surface area contributed by atoms with Crippen LogP contribution in [0.5, 0.6) is 0 Å². The minimum Gasteiger partial charge on any atom is -0.446 e. The topological polar surface area (TPSA) is 26.3 Å². The second-order valence-electron chi connectivity index (χ2n) is 4.16. The summed E-state index contributed by atoms with van der Waals surface area (Å²) in [6.45, 7) is 9.60. The van der Waals surface area contributed by atoms with Crippen molar-refractivity contribution in [2.75, 3.05) is 0 Å². The molecule has 0 aromatic rings. The molecule has 0 aromatic carbocycles. The molecule has 0 aliphatic carbocycles. The van der Waals surface area contributed by atoms with Gasteiger partial charge in [-0.05, 0) is 20.3 Å². The van der Waals surface area contributed by atoms with Gasteiger partial charge in [0.05, 0.1) is 0 Å². The molecule has 0 radical (unpaired) electrons. The van der Waals surface area contributed by atoms with E-state index in [1.165, 1.54) is 0 Å². The number of ether oxygens (including phenoxy) is 1. The van der Waals surface area contributed by atoms with Crippen LogP contribution in [0.4, 0.5) is 0 Å². The number of halogens is 2. The molecular weight excluding hydrogens is 284 g/mol. The van der Waals surface area contributed by atoms with Gasteiger partial charge in [-0.3, -0.25) is 4.79 Å². The third-order valence-electron chi connectivity index (χ3n) is 2.09. The Kier molecular flexibility index (Phi) is 5.15. The van der Waals surface area contributed by atoms with E-state index in [0.29, 0.717) is 6.42 Å². The maximum absolute atomic E-state index is 11.6. The molecule has 5 heteroatoms. The Morgan fingerprint density at radius 1 is 1.50 bits per heavy atom. The normalized spacial score (nSPS) is 16.6. The molecule has 0 N–H and O–H groups in total. The lowest BCUT2D eigenvalue weighted by Gasteiger charge is -2.31. The van der Waals surface area contributed by atoms with Crippen molar-refractivity contribution in [3.05, 3.63) is 0 Å². The summed E-state index contributed by atoms with van der Waals surface area (Å²) >= 11 is 9.51. The minimum atomic E-state index is -1.23. The fourth-order valence-electron chi connectivity index (χ4n) is 0.874. The predicted octanol–water partition coefficient (Wildman–Crippen LogP) is 3.07. The molecule has 1 unspecified atom stereocenters. The van der Waals surface area contributed by atoms with Crippen molar-refractivity contribution in [3.8, 4) is 0 Å². The van der Waals surface area contributed by atoms with Crippen molar-refractivity contribution in [3.63, 3.8) is 0 Å². The van der Waals surface area contributed by atoms with Gasteiger partial charge in [-0.15, -0.1) is 0 Å². The Hall–Kier alpha value is 0.457. The standard InChI is InChI=1S/C9H18BrClO2Si/c1-6-9(11,14(4)5)13-7(12)8(2,3)10/h14H,6H2,1-5H3. The summed E-state index contributed by atoms with van der Waals surface area (Å²) in [5, 5.41) is 0. The quantitative estimate of drug-likeness (QED) is 0.453. The first-order chi connectivity index (χ1) is 6.13. The van der Waals surface area contributed by atoms with Crippen LogP contribution < -0.4 is 0 Å². The van der Waals surface area contributed by atoms with Crippen LogP contribution in [0.25, 0.3) is 0 Å². The van der Waals surface area contributed by atoms with Gasteiger partial charge in [-0.25, -0.2) is 0 Å². The average Bonchev–Trinajstić information content (AvgIpc) is 2.02. The zero-order valence-electron chi connectivity index (χ0n) is 9.36. The Labute approximate surface area is 101 Å². The molecule has 0 spiro atoms. The van der Waals surface area contributed by atoms with E-state index in [1.54, 1.807) is 13.8 Å². The van der Waals surface area contributed by atoms with E-state index in [1.807, 2.05) is 6.92 Å². The first-order valence-electron chi connectivity index (χ1n) is 4.74. The van der Waals surface area contributed by atoms with Crippen molar-refractivity contribution >= 4 is 42.3 Å². The number of rotatable bonds is 4. The van der Waals surface area contributed by atoms with Gasteiger partial charge in [0.1, 0.15) is 13.1 Å². The van der Waals surface area contributed by atoms with Crippen molar-refractivity contribution < 1.29 is 9.53 Å². The van der Waals surface area contributed by atoms with Crippen molar-refractivity contribution in [1.82, 2.24) is 0 Å². The Morgan fingerprint density at radius 3 is 2.14 bits per heavy atom. The number of carbonyl (C=O) groups is 1. The van der Waals surface area contributed by atoms with Crippen LogP contribution in [0.1, 0.15) is 27.2 Å². The number of hydrogen-bond acceptors (Lipinski definition) is 2. The summed E-state index contributed by atoms with van der Waals surface area (Å²) in [4.78, 5) is 11.6.